The summed E-state index contributed by atoms with van der Waals surface area (Å²) in [6.07, 6.45) is 28.3. The number of hydrogen-bond acceptors (Lipinski definition) is 0. The molecule has 0 nitrogen and oxygen atoms in total. The molecule has 0 heteroatoms. The van der Waals surface area contributed by atoms with E-state index in [9.17, 15) is 0 Å². The molecule has 1 atom stereocenters. The van der Waals surface area contributed by atoms with Gasteiger partial charge in [-0.1, -0.05) is 136 Å². The first kappa shape index (κ1) is 21.0. The van der Waals surface area contributed by atoms with Crippen LogP contribution in [0.2, 0.25) is 0 Å². The Bertz CT molecular complexity index is 226. The summed E-state index contributed by atoms with van der Waals surface area (Å²) in [7, 11) is 0. The smallest absolute Gasteiger partial charge is 0.0386 e. The Balaban J connectivity index is 2.08. The van der Waals surface area contributed by atoms with Crippen LogP contribution in [0.1, 0.15) is 136 Å². The van der Waals surface area contributed by atoms with Crippen LogP contribution in [0.4, 0.5) is 0 Å². The van der Waals surface area contributed by atoms with Crippen molar-refractivity contribution in [2.24, 2.45) is 11.8 Å². The molecular weight excluding hydrogens is 276 g/mol. The second kappa shape index (κ2) is 15.5. The third kappa shape index (κ3) is 11.2. The van der Waals surface area contributed by atoms with Crippen molar-refractivity contribution in [1.29, 1.82) is 0 Å². The quantitative estimate of drug-likeness (QED) is 0.249. The minimum Gasteiger partial charge on any atom is -0.0654 e. The molecule has 0 aromatic heterocycles. The van der Waals surface area contributed by atoms with Gasteiger partial charge in [0.25, 0.3) is 0 Å². The monoisotopic (exact) mass is 322 g/mol. The molecule has 1 rings (SSSR count). The van der Waals surface area contributed by atoms with Crippen LogP contribution in [0, 0.1) is 11.8 Å². The van der Waals surface area contributed by atoms with E-state index in [0.717, 1.165) is 11.8 Å². The number of unbranched alkanes of at least 4 members (excludes halogenated alkanes) is 11. The highest BCUT2D eigenvalue weighted by atomic mass is 14.3. The molecule has 1 aliphatic carbocycles. The van der Waals surface area contributed by atoms with E-state index in [4.69, 9.17) is 0 Å². The van der Waals surface area contributed by atoms with Crippen LogP contribution in [0.3, 0.4) is 0 Å². The zero-order valence-electron chi connectivity index (χ0n) is 16.6. The van der Waals surface area contributed by atoms with Gasteiger partial charge >= 0.3 is 0 Å². The fourth-order valence-electron chi connectivity index (χ4n) is 4.60. The normalized spacial score (nSPS) is 17.0. The summed E-state index contributed by atoms with van der Waals surface area (Å²) in [5.41, 5.74) is 0. The maximum Gasteiger partial charge on any atom is -0.0386 e. The summed E-state index contributed by atoms with van der Waals surface area (Å²) in [5, 5.41) is 0. The molecule has 0 aromatic carbocycles. The summed E-state index contributed by atoms with van der Waals surface area (Å²) in [6, 6.07) is 0. The Labute approximate surface area is 148 Å². The van der Waals surface area contributed by atoms with Crippen LogP contribution in [0.5, 0.6) is 0 Å². The molecule has 1 fully saturated rings. The van der Waals surface area contributed by atoms with Crippen LogP contribution in [-0.2, 0) is 0 Å². The highest BCUT2D eigenvalue weighted by Gasteiger charge is 2.24. The zero-order chi connectivity index (χ0) is 16.6. The Morgan fingerprint density at radius 1 is 0.565 bits per heavy atom. The van der Waals surface area contributed by atoms with Crippen molar-refractivity contribution >= 4 is 0 Å². The Hall–Kier alpha value is 0. The van der Waals surface area contributed by atoms with Crippen molar-refractivity contribution in [3.8, 4) is 0 Å². The average Bonchev–Trinajstić information content (AvgIpc) is 3.09. The van der Waals surface area contributed by atoms with Gasteiger partial charge in [0.05, 0.1) is 0 Å². The minimum atomic E-state index is 1.08. The van der Waals surface area contributed by atoms with Gasteiger partial charge in [0.15, 0.2) is 0 Å². The summed E-state index contributed by atoms with van der Waals surface area (Å²) in [5.74, 6) is 2.19. The molecule has 23 heavy (non-hydrogen) atoms. The van der Waals surface area contributed by atoms with E-state index in [1.165, 1.54) is 96.3 Å². The SMILES string of the molecule is CCCCCCCCCC(CCCCCCCC)C1CCCC1. The van der Waals surface area contributed by atoms with Gasteiger partial charge < -0.3 is 0 Å². The molecule has 0 bridgehead atoms. The van der Waals surface area contributed by atoms with Crippen LogP contribution in [0.15, 0.2) is 0 Å². The fourth-order valence-corrected chi connectivity index (χ4v) is 4.60. The lowest BCUT2D eigenvalue weighted by molar-refractivity contribution is 0.281. The Morgan fingerprint density at radius 2 is 0.957 bits per heavy atom. The van der Waals surface area contributed by atoms with E-state index in [1.54, 1.807) is 25.7 Å². The van der Waals surface area contributed by atoms with E-state index >= 15 is 0 Å². The predicted octanol–water partition coefficient (Wildman–Crippen LogP) is 8.68. The summed E-state index contributed by atoms with van der Waals surface area (Å²) in [4.78, 5) is 0. The lowest BCUT2D eigenvalue weighted by Gasteiger charge is -2.23. The molecule has 1 unspecified atom stereocenters. The van der Waals surface area contributed by atoms with E-state index < -0.39 is 0 Å². The standard InChI is InChI=1S/C23H46/c1-3-5-7-9-11-13-15-19-22(23-20-16-17-21-23)18-14-12-10-8-6-4-2/h22-23H,3-21H2,1-2H3. The summed E-state index contributed by atoms with van der Waals surface area (Å²) < 4.78 is 0. The Kier molecular flexibility index (Phi) is 14.2. The molecule has 0 radical (unpaired) electrons. The van der Waals surface area contributed by atoms with Crippen LogP contribution < -0.4 is 0 Å². The lowest BCUT2D eigenvalue weighted by Crippen LogP contribution is -2.12. The van der Waals surface area contributed by atoms with Gasteiger partial charge in [0.1, 0.15) is 0 Å². The third-order valence-electron chi connectivity index (χ3n) is 6.17. The zero-order valence-corrected chi connectivity index (χ0v) is 16.6. The van der Waals surface area contributed by atoms with Gasteiger partial charge in [-0.15, -0.1) is 0 Å². The third-order valence-corrected chi connectivity index (χ3v) is 6.17. The van der Waals surface area contributed by atoms with Crippen molar-refractivity contribution in [1.82, 2.24) is 0 Å². The van der Waals surface area contributed by atoms with Crippen molar-refractivity contribution in [2.45, 2.75) is 136 Å². The molecule has 0 aromatic rings. The topological polar surface area (TPSA) is 0 Å². The second-order valence-electron chi connectivity index (χ2n) is 8.27. The maximum atomic E-state index is 2.32. The minimum absolute atomic E-state index is 1.08. The van der Waals surface area contributed by atoms with E-state index in [0.29, 0.717) is 0 Å². The predicted molar refractivity (Wildman–Crippen MR) is 106 cm³/mol. The molecule has 1 saturated carbocycles. The van der Waals surface area contributed by atoms with Gasteiger partial charge in [0, 0.05) is 0 Å². The first-order valence-electron chi connectivity index (χ1n) is 11.4. The molecule has 0 spiro atoms. The highest BCUT2D eigenvalue weighted by molar-refractivity contribution is 4.75. The average molecular weight is 323 g/mol. The van der Waals surface area contributed by atoms with Crippen LogP contribution in [0.25, 0.3) is 0 Å². The number of rotatable bonds is 16. The molecule has 138 valence electrons. The lowest BCUT2D eigenvalue weighted by atomic mass is 9.82. The van der Waals surface area contributed by atoms with Crippen molar-refractivity contribution < 1.29 is 0 Å². The first-order valence-corrected chi connectivity index (χ1v) is 11.4. The maximum absolute atomic E-state index is 2.32. The van der Waals surface area contributed by atoms with Gasteiger partial charge in [-0.3, -0.25) is 0 Å². The van der Waals surface area contributed by atoms with Gasteiger partial charge in [-0.05, 0) is 11.8 Å². The first-order chi connectivity index (χ1) is 11.4. The van der Waals surface area contributed by atoms with Crippen molar-refractivity contribution in [3.63, 3.8) is 0 Å². The fraction of sp³-hybridized carbons (Fsp3) is 1.00. The van der Waals surface area contributed by atoms with Crippen molar-refractivity contribution in [2.75, 3.05) is 0 Å². The molecule has 0 heterocycles. The van der Waals surface area contributed by atoms with Crippen LogP contribution >= 0.6 is 0 Å². The highest BCUT2D eigenvalue weighted by Crippen LogP contribution is 2.37. The molecular formula is C23H46. The molecule has 0 amide bonds. The van der Waals surface area contributed by atoms with E-state index in [2.05, 4.69) is 13.8 Å². The van der Waals surface area contributed by atoms with Gasteiger partial charge in [-0.25, -0.2) is 0 Å². The molecule has 0 saturated heterocycles. The van der Waals surface area contributed by atoms with E-state index in [-0.39, 0.29) is 0 Å². The molecule has 1 aliphatic rings. The van der Waals surface area contributed by atoms with Crippen molar-refractivity contribution in [3.05, 3.63) is 0 Å². The summed E-state index contributed by atoms with van der Waals surface area (Å²) >= 11 is 0. The molecule has 0 N–H and O–H groups in total. The van der Waals surface area contributed by atoms with E-state index in [1.807, 2.05) is 0 Å². The van der Waals surface area contributed by atoms with Gasteiger partial charge in [0.2, 0.25) is 0 Å². The largest absolute Gasteiger partial charge is 0.0654 e. The summed E-state index contributed by atoms with van der Waals surface area (Å²) in [6.45, 7) is 4.63. The van der Waals surface area contributed by atoms with Gasteiger partial charge in [-0.2, -0.15) is 0 Å². The van der Waals surface area contributed by atoms with Crippen LogP contribution in [-0.4, -0.2) is 0 Å². The Morgan fingerprint density at radius 3 is 1.39 bits per heavy atom. The number of hydrogen-bond donors (Lipinski definition) is 0. The molecule has 0 aliphatic heterocycles. The second-order valence-corrected chi connectivity index (χ2v) is 8.27.